The first-order valence-corrected chi connectivity index (χ1v) is 4.91. The number of ether oxygens (including phenoxy) is 1. The van der Waals surface area contributed by atoms with Gasteiger partial charge in [0.1, 0.15) is 5.82 Å². The summed E-state index contributed by atoms with van der Waals surface area (Å²) in [5, 5.41) is 3.44. The zero-order chi connectivity index (χ0) is 9.97. The molecule has 0 amide bonds. The van der Waals surface area contributed by atoms with Crippen LogP contribution in [0.5, 0.6) is 0 Å². The molecule has 0 spiro atoms. The largest absolute Gasteiger partial charge is 0.378 e. The molecule has 1 N–H and O–H groups in total. The van der Waals surface area contributed by atoms with E-state index in [1.165, 1.54) is 6.07 Å². The number of hydrogen-bond acceptors (Lipinski definition) is 2. The van der Waals surface area contributed by atoms with Gasteiger partial charge in [0.2, 0.25) is 0 Å². The quantitative estimate of drug-likeness (QED) is 0.829. The van der Waals surface area contributed by atoms with Gasteiger partial charge in [-0.25, -0.2) is 4.39 Å². The van der Waals surface area contributed by atoms with Crippen LogP contribution in [0.4, 0.5) is 4.39 Å². The molecule has 1 atom stereocenters. The molecule has 1 saturated heterocycles. The lowest BCUT2D eigenvalue weighted by molar-refractivity contribution is 0.0768. The Morgan fingerprint density at radius 3 is 2.87 bits per heavy atom. The maximum absolute atomic E-state index is 12.9. The van der Waals surface area contributed by atoms with Crippen molar-refractivity contribution in [3.05, 3.63) is 34.6 Å². The average molecular weight is 252 g/mol. The molecule has 1 fully saturated rings. The van der Waals surface area contributed by atoms with Crippen LogP contribution >= 0.6 is 24.0 Å². The van der Waals surface area contributed by atoms with Crippen molar-refractivity contribution < 1.29 is 9.13 Å². The van der Waals surface area contributed by atoms with Crippen molar-refractivity contribution in [1.29, 1.82) is 0 Å². The Labute approximate surface area is 99.2 Å². The third-order valence-corrected chi connectivity index (χ3v) is 2.56. The number of nitrogens with one attached hydrogen (secondary N) is 1. The van der Waals surface area contributed by atoms with Gasteiger partial charge in [0.15, 0.2) is 0 Å². The minimum absolute atomic E-state index is 0. The first-order valence-electron chi connectivity index (χ1n) is 4.53. The Bertz CT molecular complexity index is 329. The zero-order valence-corrected chi connectivity index (χ0v) is 9.58. The van der Waals surface area contributed by atoms with Crippen molar-refractivity contribution in [3.8, 4) is 0 Å². The van der Waals surface area contributed by atoms with E-state index in [-0.39, 0.29) is 29.3 Å². The van der Waals surface area contributed by atoms with Gasteiger partial charge < -0.3 is 10.1 Å². The van der Waals surface area contributed by atoms with Crippen LogP contribution in [-0.2, 0) is 4.74 Å². The molecule has 1 aliphatic rings. The fourth-order valence-electron chi connectivity index (χ4n) is 1.51. The van der Waals surface area contributed by atoms with Gasteiger partial charge in [0.05, 0.1) is 24.3 Å². The molecule has 0 radical (unpaired) electrons. The molecule has 1 aromatic carbocycles. The minimum Gasteiger partial charge on any atom is -0.378 e. The van der Waals surface area contributed by atoms with Crippen LogP contribution in [0.25, 0.3) is 0 Å². The number of halogens is 3. The molecule has 1 aliphatic heterocycles. The number of morpholine rings is 1. The Morgan fingerprint density at radius 1 is 1.47 bits per heavy atom. The summed E-state index contributed by atoms with van der Waals surface area (Å²) >= 11 is 5.69. The Kier molecular flexibility index (Phi) is 4.80. The Balaban J connectivity index is 0.00000112. The van der Waals surface area contributed by atoms with Crippen LogP contribution in [0.1, 0.15) is 11.6 Å². The molecule has 0 aromatic heterocycles. The van der Waals surface area contributed by atoms with E-state index < -0.39 is 0 Å². The van der Waals surface area contributed by atoms with E-state index in [0.29, 0.717) is 6.61 Å². The van der Waals surface area contributed by atoms with E-state index in [2.05, 4.69) is 5.32 Å². The molecule has 2 rings (SSSR count). The maximum atomic E-state index is 12.9. The van der Waals surface area contributed by atoms with Gasteiger partial charge in [0, 0.05) is 6.54 Å². The van der Waals surface area contributed by atoms with Crippen LogP contribution in [0.3, 0.4) is 0 Å². The molecule has 15 heavy (non-hydrogen) atoms. The van der Waals surface area contributed by atoms with Gasteiger partial charge in [-0.05, 0) is 17.7 Å². The summed E-state index contributed by atoms with van der Waals surface area (Å²) in [5.74, 6) is -0.382. The van der Waals surface area contributed by atoms with Gasteiger partial charge in [-0.3, -0.25) is 0 Å². The molecule has 0 aliphatic carbocycles. The van der Waals surface area contributed by atoms with Crippen molar-refractivity contribution in [3.63, 3.8) is 0 Å². The summed E-state index contributed by atoms with van der Waals surface area (Å²) < 4.78 is 18.2. The first kappa shape index (κ1) is 12.7. The van der Waals surface area contributed by atoms with Crippen LogP contribution < -0.4 is 5.32 Å². The SMILES string of the molecule is Cl.Fc1ccc([C@@H]2COCCN2)cc1Cl. The second kappa shape index (κ2) is 5.66. The van der Waals surface area contributed by atoms with Gasteiger partial charge >= 0.3 is 0 Å². The number of benzene rings is 1. The predicted molar refractivity (Wildman–Crippen MR) is 60.2 cm³/mol. The van der Waals surface area contributed by atoms with E-state index in [1.807, 2.05) is 0 Å². The lowest BCUT2D eigenvalue weighted by atomic mass is 10.1. The van der Waals surface area contributed by atoms with Gasteiger partial charge in [-0.1, -0.05) is 17.7 Å². The van der Waals surface area contributed by atoms with Crippen molar-refractivity contribution >= 4 is 24.0 Å². The smallest absolute Gasteiger partial charge is 0.141 e. The zero-order valence-electron chi connectivity index (χ0n) is 8.00. The Morgan fingerprint density at radius 2 is 2.27 bits per heavy atom. The first-order chi connectivity index (χ1) is 6.77. The van der Waals surface area contributed by atoms with Crippen LogP contribution in [0.15, 0.2) is 18.2 Å². The molecule has 84 valence electrons. The van der Waals surface area contributed by atoms with Crippen molar-refractivity contribution in [2.24, 2.45) is 0 Å². The average Bonchev–Trinajstić information content (AvgIpc) is 2.23. The molecule has 0 bridgehead atoms. The summed E-state index contributed by atoms with van der Waals surface area (Å²) in [5.41, 5.74) is 0.969. The van der Waals surface area contributed by atoms with E-state index in [4.69, 9.17) is 16.3 Å². The third-order valence-electron chi connectivity index (χ3n) is 2.27. The van der Waals surface area contributed by atoms with Gasteiger partial charge in [-0.2, -0.15) is 0 Å². The molecule has 0 unspecified atom stereocenters. The normalized spacial score (nSPS) is 20.8. The van der Waals surface area contributed by atoms with Crippen molar-refractivity contribution in [2.75, 3.05) is 19.8 Å². The standard InChI is InChI=1S/C10H11ClFNO.ClH/c11-8-5-7(1-2-9(8)12)10-6-14-4-3-13-10;/h1-2,5,10,13H,3-4,6H2;1H/t10-;/m0./s1. The molecule has 2 nitrogen and oxygen atoms in total. The lowest BCUT2D eigenvalue weighted by Crippen LogP contribution is -2.34. The topological polar surface area (TPSA) is 21.3 Å². The van der Waals surface area contributed by atoms with E-state index in [1.54, 1.807) is 12.1 Å². The molecule has 1 aromatic rings. The van der Waals surface area contributed by atoms with Crippen molar-refractivity contribution in [1.82, 2.24) is 5.32 Å². The molecular formula is C10H12Cl2FNO. The minimum atomic E-state index is -0.382. The second-order valence-corrected chi connectivity index (χ2v) is 3.66. The summed E-state index contributed by atoms with van der Waals surface area (Å²) in [4.78, 5) is 0. The summed E-state index contributed by atoms with van der Waals surface area (Å²) in [6, 6.07) is 4.88. The fourth-order valence-corrected chi connectivity index (χ4v) is 1.70. The molecule has 5 heteroatoms. The van der Waals surface area contributed by atoms with E-state index in [0.717, 1.165) is 18.7 Å². The van der Waals surface area contributed by atoms with Crippen LogP contribution in [0.2, 0.25) is 5.02 Å². The predicted octanol–water partition coefficient (Wildman–Crippen LogP) is 2.56. The highest BCUT2D eigenvalue weighted by atomic mass is 35.5. The summed E-state index contributed by atoms with van der Waals surface area (Å²) in [7, 11) is 0. The second-order valence-electron chi connectivity index (χ2n) is 3.26. The highest BCUT2D eigenvalue weighted by molar-refractivity contribution is 6.30. The highest BCUT2D eigenvalue weighted by Crippen LogP contribution is 2.22. The fraction of sp³-hybridized carbons (Fsp3) is 0.400. The lowest BCUT2D eigenvalue weighted by Gasteiger charge is -2.24. The third kappa shape index (κ3) is 3.05. The highest BCUT2D eigenvalue weighted by Gasteiger charge is 2.15. The molecule has 1 heterocycles. The monoisotopic (exact) mass is 251 g/mol. The van der Waals surface area contributed by atoms with Crippen molar-refractivity contribution in [2.45, 2.75) is 6.04 Å². The van der Waals surface area contributed by atoms with Gasteiger partial charge in [0.25, 0.3) is 0 Å². The Hall–Kier alpha value is -0.350. The molecular weight excluding hydrogens is 240 g/mol. The maximum Gasteiger partial charge on any atom is 0.141 e. The summed E-state index contributed by atoms with van der Waals surface area (Å²) in [6.45, 7) is 2.16. The van der Waals surface area contributed by atoms with Crippen LogP contribution in [-0.4, -0.2) is 19.8 Å². The molecule has 0 saturated carbocycles. The number of rotatable bonds is 1. The van der Waals surface area contributed by atoms with Crippen LogP contribution in [0, 0.1) is 5.82 Å². The van der Waals surface area contributed by atoms with E-state index in [9.17, 15) is 4.39 Å². The van der Waals surface area contributed by atoms with Gasteiger partial charge in [-0.15, -0.1) is 12.4 Å². The van der Waals surface area contributed by atoms with E-state index >= 15 is 0 Å². The number of hydrogen-bond donors (Lipinski definition) is 1. The summed E-state index contributed by atoms with van der Waals surface area (Å²) in [6.07, 6.45) is 0.